The quantitative estimate of drug-likeness (QED) is 0.196. The molecule has 1 atom stereocenters. The number of phenolic OH excluding ortho intramolecular Hbond substituents is 1. The summed E-state index contributed by atoms with van der Waals surface area (Å²) in [5.74, 6) is 1.97. The Morgan fingerprint density at radius 2 is 2.05 bits per heavy atom. The molecule has 1 aliphatic rings. The van der Waals surface area contributed by atoms with Crippen LogP contribution in [0.15, 0.2) is 57.3 Å². The van der Waals surface area contributed by atoms with Gasteiger partial charge in [-0.1, -0.05) is 37.2 Å². The highest BCUT2D eigenvalue weighted by molar-refractivity contribution is 9.10. The first-order valence-corrected chi connectivity index (χ1v) is 13.8. The molecule has 11 heteroatoms. The molecule has 196 valence electrons. The Kier molecular flexibility index (Phi) is 8.65. The van der Waals surface area contributed by atoms with Gasteiger partial charge in [0.15, 0.2) is 11.5 Å². The molecule has 0 fully saturated rings. The number of para-hydroxylation sites is 2. The van der Waals surface area contributed by atoms with Crippen molar-refractivity contribution in [3.05, 3.63) is 57.7 Å². The maximum Gasteiger partial charge on any atom is 0.255 e. The molecule has 37 heavy (non-hydrogen) atoms. The van der Waals surface area contributed by atoms with Gasteiger partial charge in [-0.25, -0.2) is 4.68 Å². The Balaban J connectivity index is 1.79. The number of amides is 1. The van der Waals surface area contributed by atoms with Crippen LogP contribution >= 0.6 is 27.7 Å². The molecule has 3 aromatic rings. The van der Waals surface area contributed by atoms with E-state index in [9.17, 15) is 9.90 Å². The van der Waals surface area contributed by atoms with Gasteiger partial charge < -0.3 is 25.2 Å². The number of anilines is 2. The maximum absolute atomic E-state index is 13.8. The summed E-state index contributed by atoms with van der Waals surface area (Å²) in [6.45, 7) is 6.35. The standard InChI is InChI=1S/C26H30BrN5O4S/c1-5-7-12-37-26-30-25-28-15(3)21(24(34)29-18-10-8-9-11-19(18)36-6-2)22(32(25)31-26)16-13-17(27)23(33)20(14-16)35-4/h8-11,13-14,22,33H,5-7,12H2,1-4H3,(H,29,34)(H,28,30,31). The van der Waals surface area contributed by atoms with Crippen molar-refractivity contribution in [2.24, 2.45) is 0 Å². The number of carbonyl (C=O) groups is 1. The molecule has 1 amide bonds. The lowest BCUT2D eigenvalue weighted by Gasteiger charge is -2.29. The van der Waals surface area contributed by atoms with Gasteiger partial charge in [-0.15, -0.1) is 5.10 Å². The number of rotatable bonds is 10. The third-order valence-corrected chi connectivity index (χ3v) is 7.36. The molecule has 3 N–H and O–H groups in total. The highest BCUT2D eigenvalue weighted by Crippen LogP contribution is 2.42. The summed E-state index contributed by atoms with van der Waals surface area (Å²) >= 11 is 4.99. The monoisotopic (exact) mass is 587 g/mol. The predicted molar refractivity (Wildman–Crippen MR) is 149 cm³/mol. The Morgan fingerprint density at radius 1 is 1.27 bits per heavy atom. The van der Waals surface area contributed by atoms with Crippen molar-refractivity contribution in [3.8, 4) is 17.2 Å². The SMILES string of the molecule is CCCCSc1nc2n(n1)C(c1cc(Br)c(O)c(OC)c1)C(C(=O)Nc1ccccc1OCC)=C(C)N2. The number of hydrogen-bond donors (Lipinski definition) is 3. The van der Waals surface area contributed by atoms with Crippen LogP contribution < -0.4 is 20.1 Å². The van der Waals surface area contributed by atoms with E-state index in [0.29, 0.717) is 50.5 Å². The summed E-state index contributed by atoms with van der Waals surface area (Å²) in [6, 6.07) is 10.2. The average Bonchev–Trinajstić information content (AvgIpc) is 3.28. The van der Waals surface area contributed by atoms with Crippen LogP contribution in [0.2, 0.25) is 0 Å². The zero-order chi connectivity index (χ0) is 26.5. The minimum Gasteiger partial charge on any atom is -0.503 e. The van der Waals surface area contributed by atoms with Gasteiger partial charge in [-0.3, -0.25) is 4.79 Å². The average molecular weight is 589 g/mol. The fraction of sp³-hybridized carbons (Fsp3) is 0.346. The molecule has 0 radical (unpaired) electrons. The van der Waals surface area contributed by atoms with Crippen LogP contribution in [-0.4, -0.2) is 45.2 Å². The Bertz CT molecular complexity index is 1330. The smallest absolute Gasteiger partial charge is 0.255 e. The van der Waals surface area contributed by atoms with Crippen LogP contribution in [0.4, 0.5) is 11.6 Å². The second-order valence-electron chi connectivity index (χ2n) is 8.37. The van der Waals surface area contributed by atoms with Crippen molar-refractivity contribution >= 4 is 45.2 Å². The number of methoxy groups -OCH3 is 1. The highest BCUT2D eigenvalue weighted by atomic mass is 79.9. The van der Waals surface area contributed by atoms with Gasteiger partial charge in [0.25, 0.3) is 5.91 Å². The lowest BCUT2D eigenvalue weighted by molar-refractivity contribution is -0.113. The summed E-state index contributed by atoms with van der Waals surface area (Å²) in [7, 11) is 1.48. The summed E-state index contributed by atoms with van der Waals surface area (Å²) in [4.78, 5) is 18.5. The normalized spacial score (nSPS) is 14.7. The van der Waals surface area contributed by atoms with Crippen LogP contribution in [0, 0.1) is 0 Å². The van der Waals surface area contributed by atoms with Crippen LogP contribution in [0.5, 0.6) is 17.2 Å². The number of nitrogens with zero attached hydrogens (tertiary/aromatic N) is 3. The lowest BCUT2D eigenvalue weighted by atomic mass is 9.94. The number of nitrogens with one attached hydrogen (secondary N) is 2. The van der Waals surface area contributed by atoms with Crippen molar-refractivity contribution in [3.63, 3.8) is 0 Å². The topological polar surface area (TPSA) is 111 Å². The van der Waals surface area contributed by atoms with Crippen LogP contribution in [-0.2, 0) is 4.79 Å². The lowest BCUT2D eigenvalue weighted by Crippen LogP contribution is -2.31. The first-order valence-electron chi connectivity index (χ1n) is 12.0. The van der Waals surface area contributed by atoms with E-state index in [1.54, 1.807) is 34.6 Å². The zero-order valence-corrected chi connectivity index (χ0v) is 23.6. The second kappa shape index (κ2) is 11.9. The van der Waals surface area contributed by atoms with Crippen molar-refractivity contribution in [2.75, 3.05) is 30.1 Å². The van der Waals surface area contributed by atoms with Gasteiger partial charge in [0, 0.05) is 11.4 Å². The third kappa shape index (κ3) is 5.72. The van der Waals surface area contributed by atoms with Gasteiger partial charge in [0.2, 0.25) is 11.1 Å². The number of aromatic nitrogens is 3. The van der Waals surface area contributed by atoms with Gasteiger partial charge >= 0.3 is 0 Å². The van der Waals surface area contributed by atoms with Gasteiger partial charge in [-0.05, 0) is 66.0 Å². The maximum atomic E-state index is 13.8. The van der Waals surface area contributed by atoms with Crippen molar-refractivity contribution in [1.82, 2.24) is 14.8 Å². The number of fused-ring (bicyclic) bond motifs is 1. The summed E-state index contributed by atoms with van der Waals surface area (Å²) < 4.78 is 13.3. The fourth-order valence-corrected chi connectivity index (χ4v) is 5.42. The van der Waals surface area contributed by atoms with E-state index in [1.165, 1.54) is 7.11 Å². The zero-order valence-electron chi connectivity index (χ0n) is 21.2. The van der Waals surface area contributed by atoms with E-state index in [2.05, 4.69) is 38.5 Å². The number of hydrogen-bond acceptors (Lipinski definition) is 8. The molecule has 1 aromatic heterocycles. The number of benzene rings is 2. The molecular formula is C26H30BrN5O4S. The number of phenols is 1. The molecule has 9 nitrogen and oxygen atoms in total. The molecule has 1 aliphatic heterocycles. The summed E-state index contributed by atoms with van der Waals surface area (Å²) in [6.07, 6.45) is 2.13. The van der Waals surface area contributed by atoms with Crippen LogP contribution in [0.25, 0.3) is 0 Å². The van der Waals surface area contributed by atoms with E-state index >= 15 is 0 Å². The number of halogens is 1. The van der Waals surface area contributed by atoms with E-state index in [1.807, 2.05) is 32.0 Å². The highest BCUT2D eigenvalue weighted by Gasteiger charge is 2.35. The first-order chi connectivity index (χ1) is 17.9. The largest absolute Gasteiger partial charge is 0.503 e. The summed E-state index contributed by atoms with van der Waals surface area (Å²) in [5, 5.41) is 22.1. The molecule has 0 spiro atoms. The van der Waals surface area contributed by atoms with Crippen LogP contribution in [0.1, 0.15) is 45.2 Å². The number of allylic oxidation sites excluding steroid dienone is 1. The van der Waals surface area contributed by atoms with Gasteiger partial charge in [0.05, 0.1) is 29.4 Å². The Labute approximate surface area is 228 Å². The van der Waals surface area contributed by atoms with Crippen molar-refractivity contribution < 1.29 is 19.4 Å². The Hall–Kier alpha value is -3.18. The van der Waals surface area contributed by atoms with Gasteiger partial charge in [0.1, 0.15) is 11.8 Å². The van der Waals surface area contributed by atoms with Gasteiger partial charge in [-0.2, -0.15) is 4.98 Å². The molecule has 0 saturated carbocycles. The second-order valence-corrected chi connectivity index (χ2v) is 10.3. The van der Waals surface area contributed by atoms with E-state index in [0.717, 1.165) is 18.6 Å². The fourth-order valence-electron chi connectivity index (χ4n) is 4.05. The molecular weight excluding hydrogens is 558 g/mol. The van der Waals surface area contributed by atoms with E-state index in [-0.39, 0.29) is 17.4 Å². The number of aromatic hydroxyl groups is 1. The molecule has 0 bridgehead atoms. The minimum absolute atomic E-state index is 0.0212. The third-order valence-electron chi connectivity index (χ3n) is 5.83. The van der Waals surface area contributed by atoms with Crippen molar-refractivity contribution in [1.29, 1.82) is 0 Å². The van der Waals surface area contributed by atoms with Crippen LogP contribution in [0.3, 0.4) is 0 Å². The van der Waals surface area contributed by atoms with E-state index < -0.39 is 6.04 Å². The number of unbranched alkanes of at least 4 members (excludes halogenated alkanes) is 1. The molecule has 4 rings (SSSR count). The molecule has 1 unspecified atom stereocenters. The number of carbonyl (C=O) groups excluding carboxylic acids is 1. The molecule has 0 saturated heterocycles. The molecule has 0 aliphatic carbocycles. The molecule has 2 aromatic carbocycles. The first kappa shape index (κ1) is 26.9. The molecule has 2 heterocycles. The number of ether oxygens (including phenoxy) is 2. The summed E-state index contributed by atoms with van der Waals surface area (Å²) in [5.41, 5.74) is 2.36. The minimum atomic E-state index is -0.630. The predicted octanol–water partition coefficient (Wildman–Crippen LogP) is 5.97. The number of thioether (sulfide) groups is 1. The Morgan fingerprint density at radius 3 is 2.78 bits per heavy atom. The van der Waals surface area contributed by atoms with Crippen molar-refractivity contribution in [2.45, 2.75) is 44.8 Å². The van der Waals surface area contributed by atoms with E-state index in [4.69, 9.17) is 14.6 Å².